The van der Waals surface area contributed by atoms with Crippen LogP contribution in [0.4, 0.5) is 4.79 Å². The topological polar surface area (TPSA) is 84.9 Å². The first-order valence-electron chi connectivity index (χ1n) is 6.52. The SMILES string of the molecule is CC(=O)Oc1ccc(C(C)(O)NC(=O)OC(C)(C)C)cc1. The fourth-order valence-corrected chi connectivity index (χ4v) is 1.59. The van der Waals surface area contributed by atoms with E-state index in [2.05, 4.69) is 5.32 Å². The molecule has 1 amide bonds. The maximum absolute atomic E-state index is 11.7. The number of aliphatic hydroxyl groups is 1. The Balaban J connectivity index is 2.78. The Morgan fingerprint density at radius 2 is 1.62 bits per heavy atom. The van der Waals surface area contributed by atoms with E-state index in [0.29, 0.717) is 11.3 Å². The lowest BCUT2D eigenvalue weighted by Gasteiger charge is -2.27. The largest absolute Gasteiger partial charge is 0.444 e. The number of amides is 1. The fraction of sp³-hybridized carbons (Fsp3) is 0.467. The molecule has 0 spiro atoms. The van der Waals surface area contributed by atoms with Gasteiger partial charge in [0.05, 0.1) is 0 Å². The molecule has 0 aliphatic rings. The van der Waals surface area contributed by atoms with Crippen molar-refractivity contribution in [3.63, 3.8) is 0 Å². The first kappa shape index (κ1) is 17.0. The Morgan fingerprint density at radius 1 is 1.10 bits per heavy atom. The van der Waals surface area contributed by atoms with Crippen LogP contribution in [-0.4, -0.2) is 22.8 Å². The van der Waals surface area contributed by atoms with E-state index < -0.39 is 23.4 Å². The fourth-order valence-electron chi connectivity index (χ4n) is 1.59. The zero-order valence-electron chi connectivity index (χ0n) is 12.9. The van der Waals surface area contributed by atoms with Gasteiger partial charge in [-0.2, -0.15) is 0 Å². The number of esters is 1. The molecule has 0 aliphatic carbocycles. The predicted molar refractivity (Wildman–Crippen MR) is 76.7 cm³/mol. The zero-order chi connectivity index (χ0) is 16.3. The van der Waals surface area contributed by atoms with Gasteiger partial charge in [-0.25, -0.2) is 4.79 Å². The van der Waals surface area contributed by atoms with Crippen LogP contribution in [0.1, 0.15) is 40.2 Å². The summed E-state index contributed by atoms with van der Waals surface area (Å²) in [6.07, 6.45) is -0.725. The maximum Gasteiger partial charge on any atom is 0.410 e. The number of benzene rings is 1. The molecule has 0 fully saturated rings. The summed E-state index contributed by atoms with van der Waals surface area (Å²) in [5.74, 6) is -0.0688. The van der Waals surface area contributed by atoms with Crippen molar-refractivity contribution in [3.05, 3.63) is 29.8 Å². The third-order valence-electron chi connectivity index (χ3n) is 2.42. The second kappa shape index (κ2) is 6.13. The van der Waals surface area contributed by atoms with Crippen LogP contribution in [0, 0.1) is 0 Å². The van der Waals surface area contributed by atoms with Gasteiger partial charge in [0.2, 0.25) is 0 Å². The highest BCUT2D eigenvalue weighted by Crippen LogP contribution is 2.21. The van der Waals surface area contributed by atoms with Crippen molar-refractivity contribution in [2.75, 3.05) is 0 Å². The first-order valence-corrected chi connectivity index (χ1v) is 6.52. The van der Waals surface area contributed by atoms with Crippen molar-refractivity contribution in [2.45, 2.75) is 45.9 Å². The summed E-state index contributed by atoms with van der Waals surface area (Å²) in [5.41, 5.74) is -1.82. The quantitative estimate of drug-likeness (QED) is 0.508. The predicted octanol–water partition coefficient (Wildman–Crippen LogP) is 2.30. The summed E-state index contributed by atoms with van der Waals surface area (Å²) in [5, 5.41) is 12.7. The average molecular weight is 295 g/mol. The van der Waals surface area contributed by atoms with Gasteiger partial charge in [-0.1, -0.05) is 12.1 Å². The Hall–Kier alpha value is -2.08. The molecular formula is C15H21NO5. The molecule has 0 aliphatic heterocycles. The number of carbonyl (C=O) groups is 2. The van der Waals surface area contributed by atoms with Crippen molar-refractivity contribution in [3.8, 4) is 5.75 Å². The Morgan fingerprint density at radius 3 is 2.05 bits per heavy atom. The number of ether oxygens (including phenoxy) is 2. The molecular weight excluding hydrogens is 274 g/mol. The van der Waals surface area contributed by atoms with Crippen LogP contribution in [0.15, 0.2) is 24.3 Å². The van der Waals surface area contributed by atoms with Gasteiger partial charge in [0.25, 0.3) is 0 Å². The Bertz CT molecular complexity index is 514. The lowest BCUT2D eigenvalue weighted by atomic mass is 10.1. The van der Waals surface area contributed by atoms with Crippen LogP contribution in [-0.2, 0) is 15.3 Å². The lowest BCUT2D eigenvalue weighted by molar-refractivity contribution is -0.131. The van der Waals surface area contributed by atoms with Gasteiger partial charge in [0, 0.05) is 12.5 Å². The van der Waals surface area contributed by atoms with Crippen LogP contribution >= 0.6 is 0 Å². The summed E-state index contributed by atoms with van der Waals surface area (Å²) < 4.78 is 9.99. The van der Waals surface area contributed by atoms with Gasteiger partial charge in [0.1, 0.15) is 11.4 Å². The van der Waals surface area contributed by atoms with Crippen molar-refractivity contribution in [1.29, 1.82) is 0 Å². The number of hydrogen-bond acceptors (Lipinski definition) is 5. The van der Waals surface area contributed by atoms with E-state index >= 15 is 0 Å². The standard InChI is InChI=1S/C15H21NO5/c1-10(17)20-12-8-6-11(7-9-12)15(5,19)16-13(18)21-14(2,3)4/h6-9,19H,1-5H3,(H,16,18). The number of alkyl carbamates (subject to hydrolysis) is 1. The first-order chi connectivity index (χ1) is 9.49. The Labute approximate surface area is 124 Å². The third-order valence-corrected chi connectivity index (χ3v) is 2.42. The highest BCUT2D eigenvalue weighted by atomic mass is 16.6. The molecule has 1 rings (SSSR count). The molecule has 1 atom stereocenters. The minimum atomic E-state index is -1.60. The lowest BCUT2D eigenvalue weighted by Crippen LogP contribution is -2.45. The molecule has 1 aromatic rings. The summed E-state index contributed by atoms with van der Waals surface area (Å²) in [7, 11) is 0. The molecule has 116 valence electrons. The van der Waals surface area contributed by atoms with Gasteiger partial charge in [-0.3, -0.25) is 10.1 Å². The molecule has 2 N–H and O–H groups in total. The Kier molecular flexibility index (Phi) is 4.96. The van der Waals surface area contributed by atoms with E-state index in [1.54, 1.807) is 32.9 Å². The molecule has 21 heavy (non-hydrogen) atoms. The minimum Gasteiger partial charge on any atom is -0.444 e. The van der Waals surface area contributed by atoms with E-state index in [1.165, 1.54) is 26.0 Å². The second-order valence-electron chi connectivity index (χ2n) is 5.82. The molecule has 0 bridgehead atoms. The van der Waals surface area contributed by atoms with E-state index in [4.69, 9.17) is 9.47 Å². The molecule has 0 saturated heterocycles. The summed E-state index contributed by atoms with van der Waals surface area (Å²) in [4.78, 5) is 22.5. The third kappa shape index (κ3) is 5.83. The molecule has 1 aromatic carbocycles. The maximum atomic E-state index is 11.7. The van der Waals surface area contributed by atoms with Gasteiger partial charge in [-0.05, 0) is 39.8 Å². The van der Waals surface area contributed by atoms with E-state index in [9.17, 15) is 14.7 Å². The number of carbonyl (C=O) groups excluding carboxylic acids is 2. The molecule has 6 nitrogen and oxygen atoms in total. The molecule has 0 heterocycles. The summed E-state index contributed by atoms with van der Waals surface area (Å²) >= 11 is 0. The number of rotatable bonds is 3. The minimum absolute atomic E-state index is 0.360. The monoisotopic (exact) mass is 295 g/mol. The highest BCUT2D eigenvalue weighted by molar-refractivity contribution is 5.69. The zero-order valence-corrected chi connectivity index (χ0v) is 12.9. The van der Waals surface area contributed by atoms with Gasteiger partial charge in [-0.15, -0.1) is 0 Å². The average Bonchev–Trinajstić information content (AvgIpc) is 2.24. The van der Waals surface area contributed by atoms with Gasteiger partial charge >= 0.3 is 12.1 Å². The second-order valence-corrected chi connectivity index (χ2v) is 5.82. The van der Waals surface area contributed by atoms with Crippen LogP contribution in [0.5, 0.6) is 5.75 Å². The van der Waals surface area contributed by atoms with Crippen molar-refractivity contribution >= 4 is 12.1 Å². The van der Waals surface area contributed by atoms with Crippen molar-refractivity contribution < 1.29 is 24.2 Å². The normalized spacial score (nSPS) is 14.0. The summed E-state index contributed by atoms with van der Waals surface area (Å²) in [6, 6.07) is 6.16. The van der Waals surface area contributed by atoms with Crippen molar-refractivity contribution in [1.82, 2.24) is 5.32 Å². The summed E-state index contributed by atoms with van der Waals surface area (Å²) in [6.45, 7) is 7.92. The highest BCUT2D eigenvalue weighted by Gasteiger charge is 2.28. The molecule has 0 radical (unpaired) electrons. The van der Waals surface area contributed by atoms with Crippen LogP contribution < -0.4 is 10.1 Å². The molecule has 0 saturated carbocycles. The number of nitrogens with one attached hydrogen (secondary N) is 1. The molecule has 0 aromatic heterocycles. The van der Waals surface area contributed by atoms with Crippen molar-refractivity contribution in [2.24, 2.45) is 0 Å². The van der Waals surface area contributed by atoms with E-state index in [-0.39, 0.29) is 0 Å². The van der Waals surface area contributed by atoms with Crippen LogP contribution in [0.2, 0.25) is 0 Å². The van der Waals surface area contributed by atoms with E-state index in [0.717, 1.165) is 0 Å². The van der Waals surface area contributed by atoms with Gasteiger partial charge in [0.15, 0.2) is 5.72 Å². The van der Waals surface area contributed by atoms with Gasteiger partial charge < -0.3 is 14.6 Å². The van der Waals surface area contributed by atoms with E-state index in [1.807, 2.05) is 0 Å². The smallest absolute Gasteiger partial charge is 0.410 e. The van der Waals surface area contributed by atoms with Crippen LogP contribution in [0.25, 0.3) is 0 Å². The molecule has 1 unspecified atom stereocenters. The van der Waals surface area contributed by atoms with Crippen LogP contribution in [0.3, 0.4) is 0 Å². The number of hydrogen-bond donors (Lipinski definition) is 2. The molecule has 6 heteroatoms.